The summed E-state index contributed by atoms with van der Waals surface area (Å²) in [6, 6.07) is 10.6. The largest absolute Gasteiger partial charge is 0.370 e. The lowest BCUT2D eigenvalue weighted by Crippen LogP contribution is -2.50. The van der Waals surface area contributed by atoms with Gasteiger partial charge in [-0.3, -0.25) is 4.79 Å². The van der Waals surface area contributed by atoms with Crippen LogP contribution in [0.4, 0.5) is 5.69 Å². The number of nitrogens with zero attached hydrogens (tertiary/aromatic N) is 3. The molecule has 2 N–H and O–H groups in total. The fraction of sp³-hybridized carbons (Fsp3) is 0.636. The first-order valence-electron chi connectivity index (χ1n) is 10.6. The second kappa shape index (κ2) is 8.50. The van der Waals surface area contributed by atoms with E-state index in [1.807, 2.05) is 0 Å². The van der Waals surface area contributed by atoms with Gasteiger partial charge in [-0.2, -0.15) is 5.26 Å². The molecule has 3 fully saturated rings. The van der Waals surface area contributed by atoms with Crippen LogP contribution in [-0.4, -0.2) is 62.2 Å². The lowest BCUT2D eigenvalue weighted by molar-refractivity contribution is -0.124. The molecule has 0 radical (unpaired) electrons. The van der Waals surface area contributed by atoms with Crippen LogP contribution < -0.4 is 15.5 Å². The highest BCUT2D eigenvalue weighted by molar-refractivity contribution is 5.83. The Morgan fingerprint density at radius 3 is 2.75 bits per heavy atom. The molecule has 2 saturated heterocycles. The second-order valence-electron chi connectivity index (χ2n) is 8.62. The van der Waals surface area contributed by atoms with Crippen molar-refractivity contribution in [2.45, 2.75) is 50.2 Å². The van der Waals surface area contributed by atoms with Gasteiger partial charge in [0.2, 0.25) is 5.91 Å². The zero-order chi connectivity index (χ0) is 19.5. The van der Waals surface area contributed by atoms with Gasteiger partial charge in [0, 0.05) is 37.8 Å². The number of nitrogens with one attached hydrogen (secondary N) is 2. The molecule has 1 aliphatic carbocycles. The van der Waals surface area contributed by atoms with Crippen molar-refractivity contribution in [3.63, 3.8) is 0 Å². The van der Waals surface area contributed by atoms with E-state index >= 15 is 0 Å². The average molecular weight is 382 g/mol. The minimum absolute atomic E-state index is 0.0101. The molecule has 4 atom stereocenters. The molecule has 150 valence electrons. The molecule has 0 aromatic heterocycles. The highest BCUT2D eigenvalue weighted by Crippen LogP contribution is 2.35. The topological polar surface area (TPSA) is 71.4 Å². The van der Waals surface area contributed by atoms with E-state index in [4.69, 9.17) is 0 Å². The third kappa shape index (κ3) is 4.31. The summed E-state index contributed by atoms with van der Waals surface area (Å²) in [4.78, 5) is 17.4. The molecule has 2 heterocycles. The van der Waals surface area contributed by atoms with Crippen LogP contribution in [0.3, 0.4) is 0 Å². The third-order valence-corrected chi connectivity index (χ3v) is 6.58. The molecule has 28 heavy (non-hydrogen) atoms. The zero-order valence-corrected chi connectivity index (χ0v) is 16.7. The summed E-state index contributed by atoms with van der Waals surface area (Å²) in [6.45, 7) is 4.36. The molecule has 1 aromatic carbocycles. The van der Waals surface area contributed by atoms with Gasteiger partial charge in [-0.1, -0.05) is 12.1 Å². The molecule has 0 unspecified atom stereocenters. The number of amides is 1. The van der Waals surface area contributed by atoms with Gasteiger partial charge in [-0.05, 0) is 62.9 Å². The van der Waals surface area contributed by atoms with Gasteiger partial charge in [0.25, 0.3) is 0 Å². The molecule has 1 aromatic rings. The van der Waals surface area contributed by atoms with Gasteiger partial charge < -0.3 is 20.4 Å². The predicted molar refractivity (Wildman–Crippen MR) is 110 cm³/mol. The Morgan fingerprint density at radius 2 is 2.07 bits per heavy atom. The Bertz CT molecular complexity index is 727. The standard InChI is InChI=1S/C22H31N5O/c1-26-9-2-10-27(12-11-26)20-7-3-16(4-8-20)13-19(15-23)25-22(28)21-17-5-6-18(14-17)24-21/h3-4,7-8,17-19,21,24H,2,5-6,9-14H2,1H3,(H,25,28)/t17-,18-,19-,21-/m0/s1. The number of benzene rings is 1. The Kier molecular flexibility index (Phi) is 5.84. The van der Waals surface area contributed by atoms with Crippen LogP contribution >= 0.6 is 0 Å². The Morgan fingerprint density at radius 1 is 1.25 bits per heavy atom. The number of likely N-dealkylation sites (N-methyl/N-ethyl adjacent to an activating group) is 1. The van der Waals surface area contributed by atoms with Crippen molar-refractivity contribution in [1.82, 2.24) is 15.5 Å². The summed E-state index contributed by atoms with van der Waals surface area (Å²) in [6.07, 6.45) is 5.13. The van der Waals surface area contributed by atoms with E-state index in [9.17, 15) is 10.1 Å². The van der Waals surface area contributed by atoms with E-state index in [-0.39, 0.29) is 11.9 Å². The van der Waals surface area contributed by atoms with Crippen molar-refractivity contribution in [3.05, 3.63) is 29.8 Å². The Hall–Kier alpha value is -2.10. The Labute approximate surface area is 167 Å². The molecule has 6 nitrogen and oxygen atoms in total. The fourth-order valence-corrected chi connectivity index (χ4v) is 4.92. The SMILES string of the molecule is CN1CCCN(c2ccc(C[C@@H](C#N)NC(=O)[C@H]3N[C@H]4CC[C@H]3C4)cc2)CC1. The molecule has 2 aliphatic heterocycles. The maximum atomic E-state index is 12.6. The highest BCUT2D eigenvalue weighted by atomic mass is 16.2. The van der Waals surface area contributed by atoms with E-state index in [0.29, 0.717) is 18.4 Å². The average Bonchev–Trinajstić information content (AvgIpc) is 3.28. The number of nitriles is 1. The molecule has 6 heteroatoms. The number of carbonyl (C=O) groups excluding carboxylic acids is 1. The second-order valence-corrected chi connectivity index (χ2v) is 8.62. The smallest absolute Gasteiger partial charge is 0.238 e. The quantitative estimate of drug-likeness (QED) is 0.809. The van der Waals surface area contributed by atoms with Crippen molar-refractivity contribution in [2.75, 3.05) is 38.1 Å². The van der Waals surface area contributed by atoms with E-state index in [1.54, 1.807) is 0 Å². The maximum absolute atomic E-state index is 12.6. The number of fused-ring (bicyclic) bond motifs is 2. The normalized spacial score (nSPS) is 28.6. The van der Waals surface area contributed by atoms with Crippen molar-refractivity contribution >= 4 is 11.6 Å². The molecule has 3 aliphatic rings. The van der Waals surface area contributed by atoms with Crippen LogP contribution in [0, 0.1) is 17.2 Å². The van der Waals surface area contributed by atoms with Gasteiger partial charge in [0.05, 0.1) is 12.1 Å². The van der Waals surface area contributed by atoms with Gasteiger partial charge in [-0.15, -0.1) is 0 Å². The number of hydrogen-bond acceptors (Lipinski definition) is 5. The van der Waals surface area contributed by atoms with E-state index in [1.165, 1.54) is 18.5 Å². The summed E-state index contributed by atoms with van der Waals surface area (Å²) in [5.41, 5.74) is 2.33. The first kappa shape index (κ1) is 19.2. The van der Waals surface area contributed by atoms with E-state index < -0.39 is 6.04 Å². The molecule has 1 saturated carbocycles. The van der Waals surface area contributed by atoms with E-state index in [2.05, 4.69) is 57.8 Å². The van der Waals surface area contributed by atoms with Gasteiger partial charge >= 0.3 is 0 Å². The summed E-state index contributed by atoms with van der Waals surface area (Å²) >= 11 is 0. The number of hydrogen-bond donors (Lipinski definition) is 2. The number of piperidine rings is 1. The monoisotopic (exact) mass is 381 g/mol. The van der Waals surface area contributed by atoms with Gasteiger partial charge in [-0.25, -0.2) is 0 Å². The van der Waals surface area contributed by atoms with Crippen LogP contribution in [0.5, 0.6) is 0 Å². The minimum Gasteiger partial charge on any atom is -0.370 e. The summed E-state index contributed by atoms with van der Waals surface area (Å²) in [5.74, 6) is 0.431. The fourth-order valence-electron chi connectivity index (χ4n) is 4.92. The zero-order valence-electron chi connectivity index (χ0n) is 16.7. The number of anilines is 1. The number of carbonyl (C=O) groups is 1. The van der Waals surface area contributed by atoms with Crippen molar-refractivity contribution in [2.24, 2.45) is 5.92 Å². The van der Waals surface area contributed by atoms with Crippen molar-refractivity contribution in [1.29, 1.82) is 5.26 Å². The van der Waals surface area contributed by atoms with Crippen LogP contribution in [0.15, 0.2) is 24.3 Å². The first-order valence-corrected chi connectivity index (χ1v) is 10.6. The Balaban J connectivity index is 1.32. The van der Waals surface area contributed by atoms with Gasteiger partial charge in [0.1, 0.15) is 6.04 Å². The van der Waals surface area contributed by atoms with Crippen molar-refractivity contribution < 1.29 is 4.79 Å². The summed E-state index contributed by atoms with van der Waals surface area (Å²) < 4.78 is 0. The molecule has 0 spiro atoms. The van der Waals surface area contributed by atoms with Crippen LogP contribution in [0.2, 0.25) is 0 Å². The maximum Gasteiger partial charge on any atom is 0.238 e. The summed E-state index contributed by atoms with van der Waals surface area (Å²) in [7, 11) is 2.18. The van der Waals surface area contributed by atoms with Crippen molar-refractivity contribution in [3.8, 4) is 6.07 Å². The molecule has 4 rings (SSSR count). The van der Waals surface area contributed by atoms with Crippen LogP contribution in [0.25, 0.3) is 0 Å². The van der Waals surface area contributed by atoms with Crippen LogP contribution in [-0.2, 0) is 11.2 Å². The first-order chi connectivity index (χ1) is 13.6. The molecule has 1 amide bonds. The van der Waals surface area contributed by atoms with Gasteiger partial charge in [0.15, 0.2) is 0 Å². The van der Waals surface area contributed by atoms with Crippen LogP contribution in [0.1, 0.15) is 31.2 Å². The molecular weight excluding hydrogens is 350 g/mol. The lowest BCUT2D eigenvalue weighted by Gasteiger charge is -2.24. The predicted octanol–water partition coefficient (Wildman–Crippen LogP) is 1.52. The van der Waals surface area contributed by atoms with E-state index in [0.717, 1.165) is 44.6 Å². The number of rotatable bonds is 5. The lowest BCUT2D eigenvalue weighted by atomic mass is 9.98. The summed E-state index contributed by atoms with van der Waals surface area (Å²) in [5, 5.41) is 15.9. The third-order valence-electron chi connectivity index (χ3n) is 6.58. The molecular formula is C22H31N5O. The minimum atomic E-state index is -0.480. The highest BCUT2D eigenvalue weighted by Gasteiger charge is 2.43. The molecule has 2 bridgehead atoms.